The van der Waals surface area contributed by atoms with Crippen molar-refractivity contribution in [3.63, 3.8) is 0 Å². The number of hydrogen-bond donors (Lipinski definition) is 3. The molecule has 210 valence electrons. The first-order valence-electron chi connectivity index (χ1n) is 12.4. The van der Waals surface area contributed by atoms with Gasteiger partial charge >= 0.3 is 6.18 Å². The zero-order chi connectivity index (χ0) is 28.4. The van der Waals surface area contributed by atoms with E-state index < -0.39 is 45.5 Å². The molecular weight excluding hydrogens is 543 g/mol. The van der Waals surface area contributed by atoms with Crippen molar-refractivity contribution in [2.45, 2.75) is 57.3 Å². The van der Waals surface area contributed by atoms with Gasteiger partial charge in [0.05, 0.1) is 22.5 Å². The molecular formula is C26H27F5N4O3S. The summed E-state index contributed by atoms with van der Waals surface area (Å²) in [6.45, 7) is 1.66. The van der Waals surface area contributed by atoms with Gasteiger partial charge in [0.1, 0.15) is 11.5 Å². The van der Waals surface area contributed by atoms with E-state index in [0.29, 0.717) is 32.1 Å². The van der Waals surface area contributed by atoms with E-state index in [1.807, 2.05) is 0 Å². The number of carbonyl (C=O) groups is 1. The van der Waals surface area contributed by atoms with Gasteiger partial charge in [-0.05, 0) is 68.5 Å². The normalized spacial score (nSPS) is 18.1. The molecule has 4 rings (SSSR count). The van der Waals surface area contributed by atoms with Crippen molar-refractivity contribution in [1.29, 1.82) is 0 Å². The molecule has 1 aliphatic rings. The van der Waals surface area contributed by atoms with Crippen LogP contribution in [0, 0.1) is 11.6 Å². The summed E-state index contributed by atoms with van der Waals surface area (Å²) in [5, 5.41) is 5.99. The van der Waals surface area contributed by atoms with Crippen LogP contribution in [-0.4, -0.2) is 37.1 Å². The summed E-state index contributed by atoms with van der Waals surface area (Å²) < 4.78 is 95.4. The number of aromatic nitrogens is 1. The molecule has 1 fully saturated rings. The van der Waals surface area contributed by atoms with Crippen LogP contribution in [0.2, 0.25) is 0 Å². The Kier molecular flexibility index (Phi) is 8.28. The summed E-state index contributed by atoms with van der Waals surface area (Å²) in [7, 11) is -3.77. The third-order valence-electron chi connectivity index (χ3n) is 6.41. The molecule has 1 amide bonds. The molecule has 2 aromatic carbocycles. The van der Waals surface area contributed by atoms with Crippen LogP contribution < -0.4 is 15.4 Å². The molecule has 0 radical (unpaired) electrons. The van der Waals surface area contributed by atoms with Crippen LogP contribution in [0.5, 0.6) is 0 Å². The zero-order valence-electron chi connectivity index (χ0n) is 20.9. The molecule has 1 saturated carbocycles. The lowest BCUT2D eigenvalue weighted by Gasteiger charge is -2.31. The third kappa shape index (κ3) is 6.94. The quantitative estimate of drug-likeness (QED) is 0.296. The minimum Gasteiger partial charge on any atom is -0.382 e. The number of benzene rings is 2. The standard InChI is InChI=1S/C26H27F5N4O3S/c1-2-11-39(37,38)35-21-8-4-7-18(24(21)28)25(36)33-17-6-3-5-16(13-17)32-22-14-23(26(29,30)31)34-20-10-9-15(27)12-19(20)22/h4,7-10,12,14,16-17,35H,2-3,5-6,11,13H2,1H3,(H,32,34)(H,33,36)/t16-,17+/m0/s1. The Labute approximate surface area is 222 Å². The van der Waals surface area contributed by atoms with E-state index in [1.54, 1.807) is 6.92 Å². The third-order valence-corrected chi connectivity index (χ3v) is 7.89. The number of anilines is 2. The highest BCUT2D eigenvalue weighted by atomic mass is 32.2. The molecule has 13 heteroatoms. The van der Waals surface area contributed by atoms with Crippen LogP contribution >= 0.6 is 0 Å². The minimum atomic E-state index is -4.70. The van der Waals surface area contributed by atoms with Crippen molar-refractivity contribution < 1.29 is 35.2 Å². The fraction of sp³-hybridized carbons (Fsp3) is 0.385. The number of halogens is 5. The highest BCUT2D eigenvalue weighted by molar-refractivity contribution is 7.92. The van der Waals surface area contributed by atoms with E-state index in [2.05, 4.69) is 20.3 Å². The number of nitrogens with zero attached hydrogens (tertiary/aromatic N) is 1. The van der Waals surface area contributed by atoms with E-state index in [4.69, 9.17) is 0 Å². The lowest BCUT2D eigenvalue weighted by molar-refractivity contribution is -0.140. The molecule has 39 heavy (non-hydrogen) atoms. The summed E-state index contributed by atoms with van der Waals surface area (Å²) in [6, 6.07) is 7.18. The number of alkyl halides is 3. The highest BCUT2D eigenvalue weighted by Gasteiger charge is 2.34. The fourth-order valence-corrected chi connectivity index (χ4v) is 5.80. The molecule has 0 aliphatic heterocycles. The zero-order valence-corrected chi connectivity index (χ0v) is 21.7. The lowest BCUT2D eigenvalue weighted by atomic mass is 9.90. The Morgan fingerprint density at radius 2 is 1.79 bits per heavy atom. The molecule has 1 heterocycles. The van der Waals surface area contributed by atoms with Crippen molar-refractivity contribution in [1.82, 2.24) is 10.3 Å². The predicted octanol–water partition coefficient (Wildman–Crippen LogP) is 5.84. The topological polar surface area (TPSA) is 100 Å². The van der Waals surface area contributed by atoms with Crippen molar-refractivity contribution in [2.24, 2.45) is 0 Å². The summed E-state index contributed by atoms with van der Waals surface area (Å²) >= 11 is 0. The number of nitrogens with one attached hydrogen (secondary N) is 3. The molecule has 1 aliphatic carbocycles. The van der Waals surface area contributed by atoms with Gasteiger partial charge in [-0.25, -0.2) is 22.2 Å². The Balaban J connectivity index is 1.50. The van der Waals surface area contributed by atoms with Crippen LogP contribution in [0.15, 0.2) is 42.5 Å². The maximum Gasteiger partial charge on any atom is 0.433 e. The van der Waals surface area contributed by atoms with E-state index in [9.17, 15) is 35.2 Å². The van der Waals surface area contributed by atoms with Gasteiger partial charge in [0.2, 0.25) is 10.0 Å². The van der Waals surface area contributed by atoms with E-state index in [1.165, 1.54) is 24.3 Å². The van der Waals surface area contributed by atoms with Crippen LogP contribution in [0.25, 0.3) is 10.9 Å². The molecule has 0 unspecified atom stereocenters. The maximum atomic E-state index is 15.0. The van der Waals surface area contributed by atoms with Crippen LogP contribution in [-0.2, 0) is 16.2 Å². The molecule has 7 nitrogen and oxygen atoms in total. The van der Waals surface area contributed by atoms with Gasteiger partial charge in [-0.2, -0.15) is 13.2 Å². The van der Waals surface area contributed by atoms with Gasteiger partial charge in [0.15, 0.2) is 5.82 Å². The second-order valence-corrected chi connectivity index (χ2v) is 11.3. The number of hydrogen-bond acceptors (Lipinski definition) is 5. The van der Waals surface area contributed by atoms with Crippen molar-refractivity contribution in [3.05, 3.63) is 65.4 Å². The molecule has 0 spiro atoms. The smallest absolute Gasteiger partial charge is 0.382 e. The monoisotopic (exact) mass is 570 g/mol. The van der Waals surface area contributed by atoms with E-state index >= 15 is 0 Å². The van der Waals surface area contributed by atoms with Crippen molar-refractivity contribution in [3.8, 4) is 0 Å². The Morgan fingerprint density at radius 3 is 2.51 bits per heavy atom. The second-order valence-electron chi connectivity index (χ2n) is 9.48. The van der Waals surface area contributed by atoms with Gasteiger partial charge in [-0.1, -0.05) is 13.0 Å². The van der Waals surface area contributed by atoms with Crippen LogP contribution in [0.4, 0.5) is 33.3 Å². The number of rotatable bonds is 8. The van der Waals surface area contributed by atoms with Gasteiger partial charge in [-0.3, -0.25) is 9.52 Å². The highest BCUT2D eigenvalue weighted by Crippen LogP contribution is 2.35. The van der Waals surface area contributed by atoms with Gasteiger partial charge in [-0.15, -0.1) is 0 Å². The number of sulfonamides is 1. The van der Waals surface area contributed by atoms with E-state index in [0.717, 1.165) is 18.2 Å². The Hall–Kier alpha value is -3.48. The van der Waals surface area contributed by atoms with E-state index in [-0.39, 0.29) is 39.6 Å². The summed E-state index contributed by atoms with van der Waals surface area (Å²) in [4.78, 5) is 16.5. The van der Waals surface area contributed by atoms with Crippen LogP contribution in [0.1, 0.15) is 55.1 Å². The molecule has 2 atom stereocenters. The summed E-state index contributed by atoms with van der Waals surface area (Å²) in [6.07, 6.45) is -2.31. The number of fused-ring (bicyclic) bond motifs is 1. The average Bonchev–Trinajstić information content (AvgIpc) is 2.85. The molecule has 0 saturated heterocycles. The maximum absolute atomic E-state index is 15.0. The van der Waals surface area contributed by atoms with Gasteiger partial charge in [0, 0.05) is 23.2 Å². The van der Waals surface area contributed by atoms with Gasteiger partial charge < -0.3 is 10.6 Å². The first kappa shape index (κ1) is 28.5. The van der Waals surface area contributed by atoms with Crippen molar-refractivity contribution in [2.75, 3.05) is 15.8 Å². The number of amides is 1. The first-order chi connectivity index (χ1) is 18.4. The largest absolute Gasteiger partial charge is 0.433 e. The first-order valence-corrected chi connectivity index (χ1v) is 14.1. The predicted molar refractivity (Wildman–Crippen MR) is 138 cm³/mol. The average molecular weight is 571 g/mol. The number of carbonyl (C=O) groups excluding carboxylic acids is 1. The number of pyridine rings is 1. The molecule has 3 N–H and O–H groups in total. The SMILES string of the molecule is CCCS(=O)(=O)Nc1cccc(C(=O)N[C@@H]2CCC[C@H](Nc3cc(C(F)(F)F)nc4ccc(F)cc34)C2)c1F. The Bertz CT molecular complexity index is 1480. The summed E-state index contributed by atoms with van der Waals surface area (Å²) in [5.74, 6) is -2.58. The minimum absolute atomic E-state index is 0.0145. The molecule has 3 aromatic rings. The van der Waals surface area contributed by atoms with Gasteiger partial charge in [0.25, 0.3) is 5.91 Å². The van der Waals surface area contributed by atoms with Crippen molar-refractivity contribution >= 4 is 38.2 Å². The van der Waals surface area contributed by atoms with Crippen LogP contribution in [0.3, 0.4) is 0 Å². The molecule has 1 aromatic heterocycles. The second kappa shape index (κ2) is 11.3. The lowest BCUT2D eigenvalue weighted by Crippen LogP contribution is -2.42. The fourth-order valence-electron chi connectivity index (χ4n) is 4.67. The molecule has 0 bridgehead atoms. The Morgan fingerprint density at radius 1 is 1.05 bits per heavy atom. The summed E-state index contributed by atoms with van der Waals surface area (Å²) in [5.41, 5.74) is -1.74.